The van der Waals surface area contributed by atoms with Crippen LogP contribution in [0.5, 0.6) is 0 Å². The normalized spacial score (nSPS) is 29.8. The maximum Gasteiger partial charge on any atom is 0.0551 e. The third-order valence-corrected chi connectivity index (χ3v) is 5.49. The highest BCUT2D eigenvalue weighted by Gasteiger charge is 2.33. The van der Waals surface area contributed by atoms with Crippen LogP contribution in [0.2, 0.25) is 0 Å². The van der Waals surface area contributed by atoms with Crippen molar-refractivity contribution in [1.29, 1.82) is 0 Å². The zero-order chi connectivity index (χ0) is 12.7. The highest BCUT2D eigenvalue weighted by molar-refractivity contribution is 7.13. The summed E-state index contributed by atoms with van der Waals surface area (Å²) in [6, 6.07) is 6.58. The van der Waals surface area contributed by atoms with Gasteiger partial charge in [0.2, 0.25) is 0 Å². The molecule has 4 heterocycles. The summed E-state index contributed by atoms with van der Waals surface area (Å²) in [7, 11) is 0. The lowest BCUT2D eigenvalue weighted by atomic mass is 9.79. The average molecular weight is 273 g/mol. The second-order valence-electron chi connectivity index (χ2n) is 5.86. The fourth-order valence-corrected chi connectivity index (χ4v) is 4.18. The van der Waals surface area contributed by atoms with Crippen molar-refractivity contribution in [2.45, 2.75) is 12.8 Å². The first-order valence-corrected chi connectivity index (χ1v) is 7.96. The lowest BCUT2D eigenvalue weighted by molar-refractivity contribution is 0.0574. The van der Waals surface area contributed by atoms with Crippen molar-refractivity contribution < 1.29 is 0 Å². The Hall–Kier alpha value is -1.13. The predicted octanol–water partition coefficient (Wildman–Crippen LogP) is 3.05. The Balaban J connectivity index is 1.44. The van der Waals surface area contributed by atoms with E-state index in [0.29, 0.717) is 0 Å². The zero-order valence-corrected chi connectivity index (χ0v) is 11.8. The summed E-state index contributed by atoms with van der Waals surface area (Å²) in [5.74, 6) is 1.78. The first-order valence-electron chi connectivity index (χ1n) is 7.19. The fraction of sp³-hybridized carbons (Fsp3) is 0.533. The highest BCUT2D eigenvalue weighted by Crippen LogP contribution is 2.32. The molecule has 0 radical (unpaired) electrons. The molecule has 3 fully saturated rings. The lowest BCUT2D eigenvalue weighted by Gasteiger charge is -2.45. The molecule has 1 N–H and O–H groups in total. The van der Waals surface area contributed by atoms with Crippen molar-refractivity contribution in [3.8, 4) is 0 Å². The molecule has 2 aromatic rings. The molecule has 0 saturated carbocycles. The highest BCUT2D eigenvalue weighted by atomic mass is 32.1. The first-order chi connectivity index (χ1) is 9.38. The van der Waals surface area contributed by atoms with Crippen molar-refractivity contribution in [1.82, 2.24) is 9.27 Å². The summed E-state index contributed by atoms with van der Waals surface area (Å²) < 4.78 is 5.50. The van der Waals surface area contributed by atoms with E-state index in [4.69, 9.17) is 0 Å². The van der Waals surface area contributed by atoms with Crippen molar-refractivity contribution >= 4 is 27.3 Å². The van der Waals surface area contributed by atoms with E-state index in [1.807, 2.05) is 6.20 Å². The second kappa shape index (κ2) is 4.76. The molecule has 1 aromatic heterocycles. The quantitative estimate of drug-likeness (QED) is 0.931. The molecule has 5 rings (SSSR count). The molecule has 3 aliphatic heterocycles. The van der Waals surface area contributed by atoms with Gasteiger partial charge in [0, 0.05) is 30.4 Å². The van der Waals surface area contributed by atoms with E-state index in [9.17, 15) is 0 Å². The van der Waals surface area contributed by atoms with Gasteiger partial charge in [-0.3, -0.25) is 0 Å². The molecule has 1 atom stereocenters. The predicted molar refractivity (Wildman–Crippen MR) is 80.8 cm³/mol. The van der Waals surface area contributed by atoms with Gasteiger partial charge in [0.1, 0.15) is 0 Å². The van der Waals surface area contributed by atoms with E-state index in [2.05, 4.69) is 32.8 Å². The molecule has 0 aliphatic carbocycles. The van der Waals surface area contributed by atoms with Gasteiger partial charge < -0.3 is 10.2 Å². The zero-order valence-electron chi connectivity index (χ0n) is 11.0. The molecule has 3 nitrogen and oxygen atoms in total. The number of nitrogens with one attached hydrogen (secondary N) is 1. The molecule has 1 unspecified atom stereocenters. The van der Waals surface area contributed by atoms with E-state index >= 15 is 0 Å². The summed E-state index contributed by atoms with van der Waals surface area (Å²) in [5.41, 5.74) is 1.24. The fourth-order valence-electron chi connectivity index (χ4n) is 3.55. The van der Waals surface area contributed by atoms with Crippen molar-refractivity contribution in [3.63, 3.8) is 0 Å². The van der Waals surface area contributed by atoms with Crippen LogP contribution in [0.3, 0.4) is 0 Å². The van der Waals surface area contributed by atoms with Crippen LogP contribution in [0.15, 0.2) is 24.4 Å². The molecule has 2 bridgehead atoms. The van der Waals surface area contributed by atoms with Gasteiger partial charge in [0.25, 0.3) is 0 Å². The number of piperidine rings is 3. The van der Waals surface area contributed by atoms with E-state index in [0.717, 1.165) is 18.4 Å². The lowest BCUT2D eigenvalue weighted by Crippen LogP contribution is -2.49. The van der Waals surface area contributed by atoms with Crippen LogP contribution in [0.25, 0.3) is 10.1 Å². The topological polar surface area (TPSA) is 28.2 Å². The Kier molecular flexibility index (Phi) is 2.93. The number of rotatable bonds is 3. The number of aromatic nitrogens is 1. The molecule has 3 saturated heterocycles. The van der Waals surface area contributed by atoms with E-state index in [-0.39, 0.29) is 0 Å². The van der Waals surface area contributed by atoms with Gasteiger partial charge in [-0.2, -0.15) is 4.37 Å². The molecule has 0 amide bonds. The number of hydrogen-bond acceptors (Lipinski definition) is 4. The minimum atomic E-state index is 0.832. The van der Waals surface area contributed by atoms with E-state index in [1.165, 1.54) is 48.2 Å². The number of fused-ring (bicyclic) bond motifs is 4. The molecule has 0 spiro atoms. The van der Waals surface area contributed by atoms with Gasteiger partial charge in [-0.25, -0.2) is 0 Å². The van der Waals surface area contributed by atoms with Gasteiger partial charge >= 0.3 is 0 Å². The van der Waals surface area contributed by atoms with Crippen LogP contribution in [0.1, 0.15) is 12.8 Å². The summed E-state index contributed by atoms with van der Waals surface area (Å²) in [6.07, 6.45) is 4.76. The average Bonchev–Trinajstić information content (AvgIpc) is 2.94. The monoisotopic (exact) mass is 273 g/mol. The van der Waals surface area contributed by atoms with Crippen LogP contribution in [-0.4, -0.2) is 35.5 Å². The van der Waals surface area contributed by atoms with Crippen LogP contribution in [0, 0.1) is 11.8 Å². The van der Waals surface area contributed by atoms with Crippen LogP contribution in [0.4, 0.5) is 5.69 Å². The number of anilines is 1. The Morgan fingerprint density at radius 3 is 3.00 bits per heavy atom. The number of nitrogens with zero attached hydrogens (tertiary/aromatic N) is 2. The number of benzene rings is 1. The molecule has 19 heavy (non-hydrogen) atoms. The SMILES string of the molecule is c1cc2sncc2cc1NCC1CN2CCC1CC2. The van der Waals surface area contributed by atoms with Gasteiger partial charge in [-0.15, -0.1) is 0 Å². The standard InChI is InChI=1S/C15H19N3S/c1-2-15-12(9-17-19-15)7-14(1)16-8-13-10-18-5-3-11(13)4-6-18/h1-2,7,9,11,13,16H,3-6,8,10H2. The maximum atomic E-state index is 4.23. The summed E-state index contributed by atoms with van der Waals surface area (Å²) in [6.45, 7) is 5.06. The molecular weight excluding hydrogens is 254 g/mol. The van der Waals surface area contributed by atoms with Gasteiger partial charge in [-0.1, -0.05) is 0 Å². The maximum absolute atomic E-state index is 4.23. The smallest absolute Gasteiger partial charge is 0.0551 e. The largest absolute Gasteiger partial charge is 0.385 e. The van der Waals surface area contributed by atoms with E-state index in [1.54, 1.807) is 11.5 Å². The third kappa shape index (κ3) is 2.23. The Labute approximate surface area is 117 Å². The van der Waals surface area contributed by atoms with E-state index < -0.39 is 0 Å². The summed E-state index contributed by atoms with van der Waals surface area (Å²) in [4.78, 5) is 2.62. The minimum Gasteiger partial charge on any atom is -0.385 e. The number of hydrogen-bond donors (Lipinski definition) is 1. The minimum absolute atomic E-state index is 0.832. The molecule has 3 aliphatic rings. The molecule has 4 heteroatoms. The first kappa shape index (κ1) is 11.7. The summed E-state index contributed by atoms with van der Waals surface area (Å²) >= 11 is 1.57. The summed E-state index contributed by atoms with van der Waals surface area (Å²) in [5, 5.41) is 4.88. The van der Waals surface area contributed by atoms with Gasteiger partial charge in [-0.05, 0) is 67.5 Å². The van der Waals surface area contributed by atoms with Crippen LogP contribution in [-0.2, 0) is 0 Å². The van der Waals surface area contributed by atoms with Gasteiger partial charge in [0.05, 0.1) is 4.70 Å². The van der Waals surface area contributed by atoms with Crippen molar-refractivity contribution in [2.24, 2.45) is 11.8 Å². The Bertz CT molecular complexity index is 572. The van der Waals surface area contributed by atoms with Crippen molar-refractivity contribution in [3.05, 3.63) is 24.4 Å². The Morgan fingerprint density at radius 1 is 1.32 bits per heavy atom. The molecule has 100 valence electrons. The molecular formula is C15H19N3S. The van der Waals surface area contributed by atoms with Crippen LogP contribution < -0.4 is 5.32 Å². The van der Waals surface area contributed by atoms with Crippen LogP contribution >= 0.6 is 11.5 Å². The molecule has 1 aromatic carbocycles. The van der Waals surface area contributed by atoms with Crippen molar-refractivity contribution in [2.75, 3.05) is 31.5 Å². The second-order valence-corrected chi connectivity index (χ2v) is 6.69. The Morgan fingerprint density at radius 2 is 2.21 bits per heavy atom. The van der Waals surface area contributed by atoms with Gasteiger partial charge in [0.15, 0.2) is 0 Å². The third-order valence-electron chi connectivity index (χ3n) is 4.71.